The van der Waals surface area contributed by atoms with Gasteiger partial charge in [0.25, 0.3) is 5.56 Å². The van der Waals surface area contributed by atoms with Gasteiger partial charge in [0, 0.05) is 13.2 Å². The van der Waals surface area contributed by atoms with E-state index < -0.39 is 0 Å². The van der Waals surface area contributed by atoms with Gasteiger partial charge in [-0.05, 0) is 18.1 Å². The molecule has 5 nitrogen and oxygen atoms in total. The molecule has 106 valence electrons. The Bertz CT molecular complexity index is 628. The largest absolute Gasteiger partial charge is 0.377 e. The van der Waals surface area contributed by atoms with Crippen molar-refractivity contribution in [2.75, 3.05) is 11.9 Å². The Morgan fingerprint density at radius 3 is 2.85 bits per heavy atom. The third-order valence-corrected chi connectivity index (χ3v) is 3.17. The molecule has 1 aromatic carbocycles. The van der Waals surface area contributed by atoms with Crippen molar-refractivity contribution in [2.24, 2.45) is 0 Å². The number of halogens is 1. The Morgan fingerprint density at radius 1 is 1.35 bits per heavy atom. The molecule has 0 aliphatic carbocycles. The first-order valence-electron chi connectivity index (χ1n) is 6.34. The number of H-pyrrole nitrogens is 1. The fraction of sp³-hybridized carbons (Fsp3) is 0.286. The molecule has 0 unspecified atom stereocenters. The Labute approximate surface area is 122 Å². The van der Waals surface area contributed by atoms with E-state index in [0.29, 0.717) is 25.6 Å². The lowest BCUT2D eigenvalue weighted by molar-refractivity contribution is 0.133. The number of aromatic amines is 1. The minimum atomic E-state index is -0.355. The van der Waals surface area contributed by atoms with Crippen molar-refractivity contribution >= 4 is 17.4 Å². The monoisotopic (exact) mass is 293 g/mol. The maximum atomic E-state index is 11.4. The van der Waals surface area contributed by atoms with Crippen LogP contribution in [0.15, 0.2) is 35.4 Å². The molecule has 20 heavy (non-hydrogen) atoms. The van der Waals surface area contributed by atoms with Gasteiger partial charge in [0.05, 0.1) is 12.9 Å². The molecule has 2 N–H and O–H groups in total. The van der Waals surface area contributed by atoms with E-state index in [1.807, 2.05) is 31.2 Å². The number of benzene rings is 1. The van der Waals surface area contributed by atoms with Crippen molar-refractivity contribution < 1.29 is 4.74 Å². The zero-order valence-electron chi connectivity index (χ0n) is 11.1. The van der Waals surface area contributed by atoms with Crippen molar-refractivity contribution in [3.63, 3.8) is 0 Å². The summed E-state index contributed by atoms with van der Waals surface area (Å²) in [7, 11) is 0. The highest BCUT2D eigenvalue weighted by Gasteiger charge is 2.07. The lowest BCUT2D eigenvalue weighted by Gasteiger charge is -2.11. The molecule has 6 heteroatoms. The third kappa shape index (κ3) is 3.59. The zero-order chi connectivity index (χ0) is 14.4. The van der Waals surface area contributed by atoms with Crippen LogP contribution >= 0.6 is 11.6 Å². The molecule has 0 aliphatic heterocycles. The van der Waals surface area contributed by atoms with E-state index in [4.69, 9.17) is 16.3 Å². The molecule has 1 heterocycles. The van der Waals surface area contributed by atoms with Crippen LogP contribution in [0.2, 0.25) is 5.02 Å². The molecule has 2 rings (SSSR count). The van der Waals surface area contributed by atoms with Crippen molar-refractivity contribution in [1.29, 1.82) is 0 Å². The maximum Gasteiger partial charge on any atom is 0.271 e. The minimum Gasteiger partial charge on any atom is -0.377 e. The molecule has 0 amide bonds. The van der Waals surface area contributed by atoms with Crippen molar-refractivity contribution in [1.82, 2.24) is 9.97 Å². The van der Waals surface area contributed by atoms with Crippen molar-refractivity contribution in [2.45, 2.75) is 20.1 Å². The molecular weight excluding hydrogens is 278 g/mol. The topological polar surface area (TPSA) is 67.0 Å². The normalized spacial score (nSPS) is 10.5. The Hall–Kier alpha value is -1.85. The van der Waals surface area contributed by atoms with Gasteiger partial charge >= 0.3 is 0 Å². The van der Waals surface area contributed by atoms with E-state index in [2.05, 4.69) is 15.3 Å². The smallest absolute Gasteiger partial charge is 0.271 e. The number of nitrogens with one attached hydrogen (secondary N) is 2. The summed E-state index contributed by atoms with van der Waals surface area (Å²) in [5.74, 6) is 0.377. The van der Waals surface area contributed by atoms with E-state index in [1.165, 1.54) is 6.33 Å². The summed E-state index contributed by atoms with van der Waals surface area (Å²) in [4.78, 5) is 17.8. The predicted molar refractivity (Wildman–Crippen MR) is 79.0 cm³/mol. The molecule has 1 aromatic heterocycles. The number of aromatic nitrogens is 2. The van der Waals surface area contributed by atoms with Crippen molar-refractivity contribution in [3.8, 4) is 0 Å². The van der Waals surface area contributed by atoms with Crippen LogP contribution in [0.5, 0.6) is 0 Å². The maximum absolute atomic E-state index is 11.4. The summed E-state index contributed by atoms with van der Waals surface area (Å²) < 4.78 is 5.43. The lowest BCUT2D eigenvalue weighted by Crippen LogP contribution is -2.12. The van der Waals surface area contributed by atoms with Crippen LogP contribution in [0.4, 0.5) is 5.82 Å². The number of nitrogens with zero attached hydrogens (tertiary/aromatic N) is 1. The second-order valence-electron chi connectivity index (χ2n) is 4.15. The van der Waals surface area contributed by atoms with E-state index in [-0.39, 0.29) is 10.6 Å². The summed E-state index contributed by atoms with van der Waals surface area (Å²) in [6.45, 7) is 3.72. The van der Waals surface area contributed by atoms with Crippen LogP contribution in [0, 0.1) is 0 Å². The molecule has 2 aromatic rings. The molecule has 0 fully saturated rings. The predicted octanol–water partition coefficient (Wildman–Crippen LogP) is 2.57. The fourth-order valence-electron chi connectivity index (χ4n) is 1.77. The third-order valence-electron chi connectivity index (χ3n) is 2.82. The first kappa shape index (κ1) is 14.6. The van der Waals surface area contributed by atoms with Crippen LogP contribution in [-0.2, 0) is 17.9 Å². The van der Waals surface area contributed by atoms with Gasteiger partial charge < -0.3 is 15.0 Å². The molecular formula is C14H16ClN3O2. The van der Waals surface area contributed by atoms with E-state index >= 15 is 0 Å². The van der Waals surface area contributed by atoms with Gasteiger partial charge in [0.2, 0.25) is 0 Å². The van der Waals surface area contributed by atoms with Gasteiger partial charge in [0.1, 0.15) is 5.02 Å². The van der Waals surface area contributed by atoms with Crippen molar-refractivity contribution in [3.05, 3.63) is 57.1 Å². The molecule has 0 saturated carbocycles. The number of anilines is 1. The highest BCUT2D eigenvalue weighted by molar-refractivity contribution is 6.32. The van der Waals surface area contributed by atoms with Gasteiger partial charge in [-0.15, -0.1) is 0 Å². The summed E-state index contributed by atoms with van der Waals surface area (Å²) in [5.41, 5.74) is 1.83. The van der Waals surface area contributed by atoms with Gasteiger partial charge in [-0.1, -0.05) is 35.9 Å². The van der Waals surface area contributed by atoms with Crippen LogP contribution in [0.1, 0.15) is 18.1 Å². The second kappa shape index (κ2) is 7.07. The minimum absolute atomic E-state index is 0.0646. The molecule has 0 saturated heterocycles. The average molecular weight is 294 g/mol. The average Bonchev–Trinajstić information content (AvgIpc) is 2.47. The van der Waals surface area contributed by atoms with Gasteiger partial charge in [0.15, 0.2) is 5.82 Å². The van der Waals surface area contributed by atoms with E-state index in [0.717, 1.165) is 11.1 Å². The van der Waals surface area contributed by atoms with Crippen LogP contribution in [0.25, 0.3) is 0 Å². The SMILES string of the molecule is CCOCc1ccccc1CNc1nc[nH]c(=O)c1Cl. The molecule has 0 spiro atoms. The highest BCUT2D eigenvalue weighted by atomic mass is 35.5. The van der Waals surface area contributed by atoms with Gasteiger partial charge in [-0.25, -0.2) is 4.98 Å². The first-order valence-corrected chi connectivity index (χ1v) is 6.71. The number of rotatable bonds is 6. The highest BCUT2D eigenvalue weighted by Crippen LogP contribution is 2.16. The zero-order valence-corrected chi connectivity index (χ0v) is 11.9. The van der Waals surface area contributed by atoms with Gasteiger partial charge in [-0.2, -0.15) is 0 Å². The Balaban J connectivity index is 2.11. The molecule has 0 radical (unpaired) electrons. The quantitative estimate of drug-likeness (QED) is 0.859. The first-order chi connectivity index (χ1) is 9.72. The fourth-order valence-corrected chi connectivity index (χ4v) is 1.94. The number of hydrogen-bond donors (Lipinski definition) is 2. The number of ether oxygens (including phenoxy) is 1. The lowest BCUT2D eigenvalue weighted by atomic mass is 10.1. The number of hydrogen-bond acceptors (Lipinski definition) is 4. The summed E-state index contributed by atoms with van der Waals surface area (Å²) >= 11 is 5.89. The second-order valence-corrected chi connectivity index (χ2v) is 4.53. The molecule has 0 atom stereocenters. The van der Waals surface area contributed by atoms with Crippen LogP contribution < -0.4 is 10.9 Å². The van der Waals surface area contributed by atoms with Crippen LogP contribution in [-0.4, -0.2) is 16.6 Å². The van der Waals surface area contributed by atoms with Gasteiger partial charge in [-0.3, -0.25) is 4.79 Å². The Morgan fingerprint density at radius 2 is 2.10 bits per heavy atom. The molecule has 0 bridgehead atoms. The van der Waals surface area contributed by atoms with E-state index in [9.17, 15) is 4.79 Å². The summed E-state index contributed by atoms with van der Waals surface area (Å²) in [6.07, 6.45) is 1.32. The Kier molecular flexibility index (Phi) is 5.15. The summed E-state index contributed by atoms with van der Waals surface area (Å²) in [5, 5.41) is 3.13. The van der Waals surface area contributed by atoms with E-state index in [1.54, 1.807) is 0 Å². The summed E-state index contributed by atoms with van der Waals surface area (Å²) in [6, 6.07) is 7.94. The van der Waals surface area contributed by atoms with Crippen LogP contribution in [0.3, 0.4) is 0 Å². The standard InChI is InChI=1S/C14H16ClN3O2/c1-2-20-8-11-6-4-3-5-10(11)7-16-13-12(15)14(19)18-9-17-13/h3-6,9H,2,7-8H2,1H3,(H2,16,17,18,19). The molecule has 0 aliphatic rings.